The summed E-state index contributed by atoms with van der Waals surface area (Å²) >= 11 is 7.45. The molecule has 1 aromatic heterocycles. The molecule has 0 aromatic carbocycles. The molecule has 3 heterocycles. The van der Waals surface area contributed by atoms with Crippen molar-refractivity contribution in [1.29, 1.82) is 0 Å². The Labute approximate surface area is 157 Å². The number of halogens is 1. The fourth-order valence-corrected chi connectivity index (χ4v) is 4.57. The van der Waals surface area contributed by atoms with Crippen molar-refractivity contribution in [3.63, 3.8) is 0 Å². The second kappa shape index (κ2) is 9.01. The molecule has 0 bridgehead atoms. The van der Waals surface area contributed by atoms with Crippen LogP contribution in [-0.2, 0) is 9.53 Å². The number of nitrogens with one attached hydrogen (secondary N) is 1. The average Bonchev–Trinajstić information content (AvgIpc) is 3.29. The molecule has 2 saturated heterocycles. The van der Waals surface area contributed by atoms with Crippen LogP contribution in [0.3, 0.4) is 0 Å². The Bertz CT molecular complexity index is 593. The van der Waals surface area contributed by atoms with Crippen LogP contribution in [0.15, 0.2) is 11.4 Å². The van der Waals surface area contributed by atoms with Gasteiger partial charge in [0.05, 0.1) is 11.1 Å². The van der Waals surface area contributed by atoms with Crippen molar-refractivity contribution in [3.05, 3.63) is 21.3 Å². The lowest BCUT2D eigenvalue weighted by atomic mass is 9.92. The fourth-order valence-electron chi connectivity index (χ4n) is 3.47. The van der Waals surface area contributed by atoms with E-state index < -0.39 is 0 Å². The maximum Gasteiger partial charge on any atom is 0.265 e. The molecule has 0 saturated carbocycles. The number of hydrogen-bond acceptors (Lipinski definition) is 4. The standard InChI is InChI=1S/C18H25ClN2O3S/c19-15-7-11-25-17(15)18(23)21-8-5-13(6-9-21)3-4-16(22)20-12-14-2-1-10-24-14/h7,11,13-14H,1-6,8-10,12H2,(H,20,22). The van der Waals surface area contributed by atoms with E-state index in [4.69, 9.17) is 16.3 Å². The third-order valence-electron chi connectivity index (χ3n) is 5.04. The number of likely N-dealkylation sites (tertiary alicyclic amines) is 1. The number of amides is 2. The molecule has 0 radical (unpaired) electrons. The third kappa shape index (κ3) is 5.19. The molecular formula is C18H25ClN2O3S. The van der Waals surface area contributed by atoms with Crippen molar-refractivity contribution in [1.82, 2.24) is 10.2 Å². The van der Waals surface area contributed by atoms with Crippen LogP contribution in [0.1, 0.15) is 48.2 Å². The maximum absolute atomic E-state index is 12.4. The number of nitrogens with zero attached hydrogens (tertiary/aromatic N) is 1. The van der Waals surface area contributed by atoms with Gasteiger partial charge in [-0.05, 0) is 49.5 Å². The summed E-state index contributed by atoms with van der Waals surface area (Å²) in [7, 11) is 0. The summed E-state index contributed by atoms with van der Waals surface area (Å²) in [5, 5.41) is 5.36. The van der Waals surface area contributed by atoms with Crippen molar-refractivity contribution in [2.45, 2.75) is 44.6 Å². The second-order valence-corrected chi connectivity index (χ2v) is 8.13. The summed E-state index contributed by atoms with van der Waals surface area (Å²) < 4.78 is 5.51. The summed E-state index contributed by atoms with van der Waals surface area (Å²) in [5.41, 5.74) is 0. The van der Waals surface area contributed by atoms with E-state index in [0.717, 1.165) is 51.8 Å². The summed E-state index contributed by atoms with van der Waals surface area (Å²) in [6.07, 6.45) is 5.68. The number of hydrogen-bond donors (Lipinski definition) is 1. The monoisotopic (exact) mass is 384 g/mol. The molecule has 7 heteroatoms. The number of piperidine rings is 1. The minimum absolute atomic E-state index is 0.0350. The summed E-state index contributed by atoms with van der Waals surface area (Å²) in [4.78, 5) is 26.9. The van der Waals surface area contributed by atoms with Gasteiger partial charge >= 0.3 is 0 Å². The van der Waals surface area contributed by atoms with E-state index in [2.05, 4.69) is 5.32 Å². The largest absolute Gasteiger partial charge is 0.376 e. The number of carbonyl (C=O) groups excluding carboxylic acids is 2. The first-order valence-electron chi connectivity index (χ1n) is 9.04. The Kier molecular flexibility index (Phi) is 6.73. The van der Waals surface area contributed by atoms with Crippen molar-refractivity contribution in [2.24, 2.45) is 5.92 Å². The number of ether oxygens (including phenoxy) is 1. The van der Waals surface area contributed by atoms with Gasteiger partial charge in [-0.3, -0.25) is 9.59 Å². The van der Waals surface area contributed by atoms with Gasteiger partial charge in [0.15, 0.2) is 0 Å². The van der Waals surface area contributed by atoms with Gasteiger partial charge in [-0.25, -0.2) is 0 Å². The molecule has 3 rings (SSSR count). The Morgan fingerprint density at radius 2 is 2.12 bits per heavy atom. The van der Waals surface area contributed by atoms with Crippen LogP contribution in [0.25, 0.3) is 0 Å². The quantitative estimate of drug-likeness (QED) is 0.818. The van der Waals surface area contributed by atoms with Crippen LogP contribution in [-0.4, -0.2) is 49.1 Å². The molecule has 2 amide bonds. The summed E-state index contributed by atoms with van der Waals surface area (Å²) in [6.45, 7) is 2.94. The molecule has 1 unspecified atom stereocenters. The van der Waals surface area contributed by atoms with E-state index in [-0.39, 0.29) is 17.9 Å². The maximum atomic E-state index is 12.4. The molecule has 2 aliphatic heterocycles. The van der Waals surface area contributed by atoms with Crippen LogP contribution in [0.5, 0.6) is 0 Å². The zero-order chi connectivity index (χ0) is 17.6. The minimum Gasteiger partial charge on any atom is -0.376 e. The van der Waals surface area contributed by atoms with Crippen molar-refractivity contribution in [2.75, 3.05) is 26.2 Å². The Morgan fingerprint density at radius 1 is 1.32 bits per heavy atom. The molecule has 138 valence electrons. The van der Waals surface area contributed by atoms with Gasteiger partial charge < -0.3 is 15.0 Å². The minimum atomic E-state index is 0.0350. The van der Waals surface area contributed by atoms with E-state index >= 15 is 0 Å². The molecule has 2 aliphatic rings. The normalized spacial score (nSPS) is 21.5. The van der Waals surface area contributed by atoms with Crippen LogP contribution >= 0.6 is 22.9 Å². The number of carbonyl (C=O) groups is 2. The van der Waals surface area contributed by atoms with Crippen LogP contribution in [0, 0.1) is 5.92 Å². The molecule has 5 nitrogen and oxygen atoms in total. The highest BCUT2D eigenvalue weighted by atomic mass is 35.5. The molecule has 1 atom stereocenters. The first-order valence-corrected chi connectivity index (χ1v) is 10.3. The lowest BCUT2D eigenvalue weighted by Gasteiger charge is -2.31. The topological polar surface area (TPSA) is 58.6 Å². The SMILES string of the molecule is O=C(CCC1CCN(C(=O)c2sccc2Cl)CC1)NCC1CCCO1. The van der Waals surface area contributed by atoms with Gasteiger partial charge in [-0.1, -0.05) is 11.6 Å². The molecular weight excluding hydrogens is 360 g/mol. The van der Waals surface area contributed by atoms with Crippen LogP contribution in [0.2, 0.25) is 5.02 Å². The Morgan fingerprint density at radius 3 is 2.76 bits per heavy atom. The fraction of sp³-hybridized carbons (Fsp3) is 0.667. The lowest BCUT2D eigenvalue weighted by Crippen LogP contribution is -2.38. The molecule has 2 fully saturated rings. The highest BCUT2D eigenvalue weighted by molar-refractivity contribution is 7.12. The summed E-state index contributed by atoms with van der Waals surface area (Å²) in [5.74, 6) is 0.656. The molecule has 25 heavy (non-hydrogen) atoms. The average molecular weight is 385 g/mol. The van der Waals surface area contributed by atoms with Gasteiger partial charge in [0, 0.05) is 32.7 Å². The predicted molar refractivity (Wildman–Crippen MR) is 99.2 cm³/mol. The van der Waals surface area contributed by atoms with Gasteiger partial charge in [0.1, 0.15) is 4.88 Å². The lowest BCUT2D eigenvalue weighted by molar-refractivity contribution is -0.122. The smallest absolute Gasteiger partial charge is 0.265 e. The highest BCUT2D eigenvalue weighted by Crippen LogP contribution is 2.27. The van der Waals surface area contributed by atoms with E-state index in [1.165, 1.54) is 11.3 Å². The molecule has 0 aliphatic carbocycles. The zero-order valence-corrected chi connectivity index (χ0v) is 15.9. The van der Waals surface area contributed by atoms with E-state index in [9.17, 15) is 9.59 Å². The second-order valence-electron chi connectivity index (χ2n) is 6.81. The number of rotatable bonds is 6. The molecule has 1 N–H and O–H groups in total. The van der Waals surface area contributed by atoms with Gasteiger partial charge in [-0.2, -0.15) is 0 Å². The molecule has 1 aromatic rings. The van der Waals surface area contributed by atoms with E-state index in [1.54, 1.807) is 6.07 Å². The Balaban J connectivity index is 1.34. The first kappa shape index (κ1) is 18.7. The predicted octanol–water partition coefficient (Wildman–Crippen LogP) is 3.33. The van der Waals surface area contributed by atoms with Crippen molar-refractivity contribution >= 4 is 34.8 Å². The van der Waals surface area contributed by atoms with E-state index in [0.29, 0.717) is 28.8 Å². The Hall–Kier alpha value is -1.11. The highest BCUT2D eigenvalue weighted by Gasteiger charge is 2.26. The van der Waals surface area contributed by atoms with Crippen molar-refractivity contribution < 1.29 is 14.3 Å². The van der Waals surface area contributed by atoms with Gasteiger partial charge in [-0.15, -0.1) is 11.3 Å². The summed E-state index contributed by atoms with van der Waals surface area (Å²) in [6, 6.07) is 1.77. The molecule has 0 spiro atoms. The van der Waals surface area contributed by atoms with Gasteiger partial charge in [0.2, 0.25) is 5.91 Å². The van der Waals surface area contributed by atoms with E-state index in [1.807, 2.05) is 10.3 Å². The van der Waals surface area contributed by atoms with Crippen LogP contribution in [0.4, 0.5) is 0 Å². The van der Waals surface area contributed by atoms with Crippen LogP contribution < -0.4 is 5.32 Å². The first-order chi connectivity index (χ1) is 12.1. The van der Waals surface area contributed by atoms with Crippen molar-refractivity contribution in [3.8, 4) is 0 Å². The van der Waals surface area contributed by atoms with Gasteiger partial charge in [0.25, 0.3) is 5.91 Å². The third-order valence-corrected chi connectivity index (χ3v) is 6.37. The number of thiophene rings is 1. The zero-order valence-electron chi connectivity index (χ0n) is 14.3.